The number of rotatable bonds is 2. The number of nitrogens with zero attached hydrogens (tertiary/aromatic N) is 2. The number of halogens is 1. The first-order chi connectivity index (χ1) is 10.7. The van der Waals surface area contributed by atoms with Crippen LogP contribution in [0.4, 0.5) is 10.5 Å². The van der Waals surface area contributed by atoms with Gasteiger partial charge in [-0.15, -0.1) is 0 Å². The highest BCUT2D eigenvalue weighted by Crippen LogP contribution is 2.29. The molecule has 2 aromatic rings. The van der Waals surface area contributed by atoms with E-state index in [1.54, 1.807) is 17.0 Å². The Labute approximate surface area is 133 Å². The van der Waals surface area contributed by atoms with Crippen molar-refractivity contribution in [3.63, 3.8) is 0 Å². The van der Waals surface area contributed by atoms with Crippen molar-refractivity contribution in [2.24, 2.45) is 0 Å². The van der Waals surface area contributed by atoms with E-state index in [-0.39, 0.29) is 18.7 Å². The zero-order valence-electron chi connectivity index (χ0n) is 11.9. The van der Waals surface area contributed by atoms with Gasteiger partial charge in [-0.1, -0.05) is 35.9 Å². The molecule has 22 heavy (non-hydrogen) atoms. The van der Waals surface area contributed by atoms with Gasteiger partial charge in [0.25, 0.3) is 0 Å². The zero-order valence-corrected chi connectivity index (χ0v) is 12.6. The summed E-state index contributed by atoms with van der Waals surface area (Å²) in [6, 6.07) is 10.6. The van der Waals surface area contributed by atoms with Gasteiger partial charge >= 0.3 is 6.03 Å². The van der Waals surface area contributed by atoms with E-state index in [1.165, 1.54) is 11.8 Å². The van der Waals surface area contributed by atoms with Crippen molar-refractivity contribution in [2.45, 2.75) is 12.5 Å². The van der Waals surface area contributed by atoms with Crippen LogP contribution in [0.1, 0.15) is 17.2 Å². The number of carbonyl (C=O) groups excluding carboxylic acids is 1. The molecule has 0 saturated carbocycles. The van der Waals surface area contributed by atoms with E-state index in [1.807, 2.05) is 24.3 Å². The average Bonchev–Trinajstić information content (AvgIpc) is 2.53. The zero-order chi connectivity index (χ0) is 15.5. The molecule has 0 spiro atoms. The number of hydrogen-bond donors (Lipinski definition) is 2. The Hall–Kier alpha value is -2.11. The molecule has 5 nitrogen and oxygen atoms in total. The van der Waals surface area contributed by atoms with E-state index in [9.17, 15) is 9.90 Å². The Morgan fingerprint density at radius 1 is 1.41 bits per heavy atom. The number of aromatic nitrogens is 1. The fourth-order valence-electron chi connectivity index (χ4n) is 2.77. The van der Waals surface area contributed by atoms with Crippen molar-refractivity contribution < 1.29 is 9.90 Å². The molecule has 2 heterocycles. The number of aliphatic hydroxyl groups is 1. The van der Waals surface area contributed by atoms with Crippen LogP contribution in [-0.2, 0) is 6.42 Å². The number of carbonyl (C=O) groups is 1. The van der Waals surface area contributed by atoms with Gasteiger partial charge in [0.15, 0.2) is 0 Å². The molecule has 0 bridgehead atoms. The van der Waals surface area contributed by atoms with E-state index in [2.05, 4.69) is 10.3 Å². The van der Waals surface area contributed by atoms with Gasteiger partial charge < -0.3 is 15.3 Å². The SMILES string of the molecule is O=C(Nc1ccnc(Cl)c1)N1CCc2ccccc2C1CO. The van der Waals surface area contributed by atoms with Crippen molar-refractivity contribution in [1.82, 2.24) is 9.88 Å². The summed E-state index contributed by atoms with van der Waals surface area (Å²) in [7, 11) is 0. The number of amides is 2. The molecule has 114 valence electrons. The minimum atomic E-state index is -0.331. The summed E-state index contributed by atoms with van der Waals surface area (Å²) in [6.45, 7) is 0.453. The highest BCUT2D eigenvalue weighted by Gasteiger charge is 2.30. The number of benzene rings is 1. The molecule has 2 N–H and O–H groups in total. The summed E-state index contributed by atoms with van der Waals surface area (Å²) < 4.78 is 0. The van der Waals surface area contributed by atoms with Crippen LogP contribution in [0.3, 0.4) is 0 Å². The molecule has 1 aromatic heterocycles. The number of fused-ring (bicyclic) bond motifs is 1. The minimum Gasteiger partial charge on any atom is -0.394 e. The first-order valence-electron chi connectivity index (χ1n) is 7.07. The van der Waals surface area contributed by atoms with Gasteiger partial charge in [0.1, 0.15) is 5.15 Å². The van der Waals surface area contributed by atoms with Crippen LogP contribution in [0, 0.1) is 0 Å². The Morgan fingerprint density at radius 2 is 2.23 bits per heavy atom. The molecule has 0 radical (unpaired) electrons. The average molecular weight is 318 g/mol. The summed E-state index contributed by atoms with van der Waals surface area (Å²) >= 11 is 5.82. The van der Waals surface area contributed by atoms with Gasteiger partial charge in [0, 0.05) is 18.4 Å². The third-order valence-corrected chi connectivity index (χ3v) is 4.03. The maximum absolute atomic E-state index is 12.5. The number of urea groups is 1. The molecule has 1 aliphatic rings. The standard InChI is InChI=1S/C16H16ClN3O2/c17-15-9-12(5-7-18-15)19-16(22)20-8-6-11-3-1-2-4-13(11)14(20)10-21/h1-5,7,9,14,21H,6,8,10H2,(H,18,19,22). The second kappa shape index (κ2) is 6.34. The van der Waals surface area contributed by atoms with Crippen LogP contribution in [0.2, 0.25) is 5.15 Å². The second-order valence-electron chi connectivity index (χ2n) is 5.14. The largest absolute Gasteiger partial charge is 0.394 e. The molecule has 1 atom stereocenters. The lowest BCUT2D eigenvalue weighted by Crippen LogP contribution is -2.43. The first kappa shape index (κ1) is 14.8. The van der Waals surface area contributed by atoms with Crippen molar-refractivity contribution in [3.05, 3.63) is 58.9 Å². The lowest BCUT2D eigenvalue weighted by atomic mass is 9.93. The molecule has 1 aromatic carbocycles. The topological polar surface area (TPSA) is 65.5 Å². The molecule has 0 saturated heterocycles. The van der Waals surface area contributed by atoms with Crippen LogP contribution in [-0.4, -0.2) is 34.2 Å². The molecule has 0 aliphatic carbocycles. The Balaban J connectivity index is 1.81. The number of aliphatic hydroxyl groups excluding tert-OH is 1. The minimum absolute atomic E-state index is 0.110. The van der Waals surface area contributed by atoms with Crippen molar-refractivity contribution in [2.75, 3.05) is 18.5 Å². The van der Waals surface area contributed by atoms with Crippen LogP contribution in [0.15, 0.2) is 42.6 Å². The van der Waals surface area contributed by atoms with Gasteiger partial charge in [0.05, 0.1) is 12.6 Å². The molecule has 6 heteroatoms. The van der Waals surface area contributed by atoms with E-state index < -0.39 is 0 Å². The fraction of sp³-hybridized carbons (Fsp3) is 0.250. The van der Waals surface area contributed by atoms with E-state index >= 15 is 0 Å². The van der Waals surface area contributed by atoms with Gasteiger partial charge in [-0.25, -0.2) is 9.78 Å². The molecule has 0 fully saturated rings. The number of anilines is 1. The lowest BCUT2D eigenvalue weighted by molar-refractivity contribution is 0.135. The van der Waals surface area contributed by atoms with Crippen molar-refractivity contribution >= 4 is 23.3 Å². The lowest BCUT2D eigenvalue weighted by Gasteiger charge is -2.36. The predicted octanol–water partition coefficient (Wildman–Crippen LogP) is 2.86. The second-order valence-corrected chi connectivity index (χ2v) is 5.53. The van der Waals surface area contributed by atoms with Crippen molar-refractivity contribution in [3.8, 4) is 0 Å². The quantitative estimate of drug-likeness (QED) is 0.837. The van der Waals surface area contributed by atoms with E-state index in [0.717, 1.165) is 12.0 Å². The van der Waals surface area contributed by atoms with E-state index in [4.69, 9.17) is 11.6 Å². The number of hydrogen-bond acceptors (Lipinski definition) is 3. The van der Waals surface area contributed by atoms with Gasteiger partial charge in [-0.2, -0.15) is 0 Å². The van der Waals surface area contributed by atoms with Crippen molar-refractivity contribution in [1.29, 1.82) is 0 Å². The Kier molecular flexibility index (Phi) is 4.27. The van der Waals surface area contributed by atoms with Crippen LogP contribution in [0.5, 0.6) is 0 Å². The highest BCUT2D eigenvalue weighted by atomic mass is 35.5. The number of nitrogens with one attached hydrogen (secondary N) is 1. The molecule has 1 unspecified atom stereocenters. The highest BCUT2D eigenvalue weighted by molar-refractivity contribution is 6.29. The van der Waals surface area contributed by atoms with Crippen LogP contribution < -0.4 is 5.32 Å². The summed E-state index contributed by atoms with van der Waals surface area (Å²) in [4.78, 5) is 18.0. The third kappa shape index (κ3) is 2.91. The number of pyridine rings is 1. The Bertz CT molecular complexity index is 693. The summed E-state index contributed by atoms with van der Waals surface area (Å²) in [5, 5.41) is 12.8. The summed E-state index contributed by atoms with van der Waals surface area (Å²) in [5.41, 5.74) is 2.76. The smallest absolute Gasteiger partial charge is 0.322 e. The molecular weight excluding hydrogens is 302 g/mol. The summed E-state index contributed by atoms with van der Waals surface area (Å²) in [6.07, 6.45) is 2.31. The predicted molar refractivity (Wildman–Crippen MR) is 84.9 cm³/mol. The molecule has 2 amide bonds. The Morgan fingerprint density at radius 3 is 3.00 bits per heavy atom. The van der Waals surface area contributed by atoms with Crippen LogP contribution in [0.25, 0.3) is 0 Å². The molecular formula is C16H16ClN3O2. The third-order valence-electron chi connectivity index (χ3n) is 3.82. The normalized spacial score (nSPS) is 17.0. The maximum atomic E-state index is 12.5. The monoisotopic (exact) mass is 317 g/mol. The van der Waals surface area contributed by atoms with Gasteiger partial charge in [-0.3, -0.25) is 0 Å². The molecule has 3 rings (SSSR count). The van der Waals surface area contributed by atoms with Crippen LogP contribution >= 0.6 is 11.6 Å². The van der Waals surface area contributed by atoms with Gasteiger partial charge in [-0.05, 0) is 29.7 Å². The van der Waals surface area contributed by atoms with E-state index in [0.29, 0.717) is 17.4 Å². The summed E-state index contributed by atoms with van der Waals surface area (Å²) in [5.74, 6) is 0. The fourth-order valence-corrected chi connectivity index (χ4v) is 2.94. The first-order valence-corrected chi connectivity index (χ1v) is 7.44. The van der Waals surface area contributed by atoms with Gasteiger partial charge in [0.2, 0.25) is 0 Å². The molecule has 1 aliphatic heterocycles. The maximum Gasteiger partial charge on any atom is 0.322 e.